The van der Waals surface area contributed by atoms with Crippen LogP contribution in [0.3, 0.4) is 0 Å². The van der Waals surface area contributed by atoms with Crippen LogP contribution >= 0.6 is 11.8 Å². The minimum absolute atomic E-state index is 0.0532. The third-order valence-corrected chi connectivity index (χ3v) is 5.07. The second-order valence-corrected chi connectivity index (χ2v) is 7.19. The van der Waals surface area contributed by atoms with Gasteiger partial charge >= 0.3 is 0 Å². The van der Waals surface area contributed by atoms with Crippen molar-refractivity contribution in [2.45, 2.75) is 25.5 Å². The summed E-state index contributed by atoms with van der Waals surface area (Å²) in [6.45, 7) is 5.10. The zero-order valence-corrected chi connectivity index (χ0v) is 16.7. The van der Waals surface area contributed by atoms with E-state index in [-0.39, 0.29) is 11.2 Å². The Morgan fingerprint density at radius 2 is 1.82 bits per heavy atom. The lowest BCUT2D eigenvalue weighted by Crippen LogP contribution is -2.25. The Bertz CT molecular complexity index is 865. The molecule has 146 valence electrons. The quantitative estimate of drug-likeness (QED) is 0.545. The van der Waals surface area contributed by atoms with E-state index in [1.165, 1.54) is 11.8 Å². The van der Waals surface area contributed by atoms with E-state index in [9.17, 15) is 4.79 Å². The lowest BCUT2D eigenvalue weighted by molar-refractivity contribution is -0.118. The molecule has 0 bridgehead atoms. The highest BCUT2D eigenvalue weighted by molar-refractivity contribution is 8.15. The molecule has 2 aromatic rings. The molecule has 28 heavy (non-hydrogen) atoms. The molecule has 1 N–H and O–H groups in total. The maximum absolute atomic E-state index is 12.2. The third kappa shape index (κ3) is 5.36. The van der Waals surface area contributed by atoms with Crippen molar-refractivity contribution < 1.29 is 14.3 Å². The van der Waals surface area contributed by atoms with Crippen molar-refractivity contribution in [2.75, 3.05) is 13.2 Å². The van der Waals surface area contributed by atoms with Crippen molar-refractivity contribution in [2.24, 2.45) is 10.2 Å². The van der Waals surface area contributed by atoms with E-state index in [1.54, 1.807) is 6.21 Å². The average Bonchev–Trinajstić information content (AvgIpc) is 3.04. The Morgan fingerprint density at radius 3 is 2.57 bits per heavy atom. The molecule has 0 aromatic heterocycles. The van der Waals surface area contributed by atoms with Crippen LogP contribution in [0.4, 0.5) is 0 Å². The first-order chi connectivity index (χ1) is 13.7. The number of hydrogen-bond acceptors (Lipinski definition) is 6. The van der Waals surface area contributed by atoms with Crippen molar-refractivity contribution in [3.63, 3.8) is 0 Å². The van der Waals surface area contributed by atoms with E-state index >= 15 is 0 Å². The summed E-state index contributed by atoms with van der Waals surface area (Å²) in [4.78, 5) is 12.2. The first kappa shape index (κ1) is 19.9. The maximum atomic E-state index is 12.2. The number of ether oxygens (including phenoxy) is 2. The van der Waals surface area contributed by atoms with E-state index < -0.39 is 0 Å². The van der Waals surface area contributed by atoms with Crippen LogP contribution in [0.25, 0.3) is 0 Å². The minimum atomic E-state index is -0.220. The van der Waals surface area contributed by atoms with Crippen LogP contribution in [0, 0.1) is 0 Å². The standard InChI is InChI=1S/C21H23N3O3S/c1-3-26-17-11-9-15(10-12-17)13-19-20(25)23-21(28-19)24-22-14-16-7-5-6-8-18(16)27-4-2/h5-12,14,19H,3-4,13H2,1-2H3,(H,23,24,25)/b22-14+. The van der Waals surface area contributed by atoms with Crippen LogP contribution < -0.4 is 14.8 Å². The van der Waals surface area contributed by atoms with Gasteiger partial charge in [-0.3, -0.25) is 4.79 Å². The van der Waals surface area contributed by atoms with Crippen molar-refractivity contribution in [1.82, 2.24) is 5.32 Å². The molecule has 0 saturated carbocycles. The monoisotopic (exact) mass is 397 g/mol. The van der Waals surface area contributed by atoms with E-state index in [0.29, 0.717) is 24.8 Å². The molecule has 1 atom stereocenters. The van der Waals surface area contributed by atoms with Crippen LogP contribution in [0.5, 0.6) is 11.5 Å². The van der Waals surface area contributed by atoms with E-state index in [0.717, 1.165) is 22.6 Å². The molecule has 0 spiro atoms. The number of benzene rings is 2. The molecule has 1 heterocycles. The molecule has 1 aliphatic rings. The predicted octanol–water partition coefficient (Wildman–Crippen LogP) is 3.65. The van der Waals surface area contributed by atoms with E-state index in [2.05, 4.69) is 15.5 Å². The fraction of sp³-hybridized carbons (Fsp3) is 0.286. The molecule has 0 aliphatic carbocycles. The van der Waals surface area contributed by atoms with Gasteiger partial charge < -0.3 is 14.8 Å². The molecule has 6 nitrogen and oxygen atoms in total. The Labute approximate surface area is 169 Å². The second-order valence-electron chi connectivity index (χ2n) is 6.00. The largest absolute Gasteiger partial charge is 0.494 e. The SMILES string of the molecule is CCOc1ccc(CC2S/C(=N/N=C/c3ccccc3OCC)NC2=O)cc1. The van der Waals surface area contributed by atoms with Crippen LogP contribution in [-0.2, 0) is 11.2 Å². The normalized spacial score (nSPS) is 17.9. The average molecular weight is 398 g/mol. The van der Waals surface area contributed by atoms with Gasteiger partial charge in [0.1, 0.15) is 11.5 Å². The van der Waals surface area contributed by atoms with Gasteiger partial charge in [0.15, 0.2) is 5.17 Å². The van der Waals surface area contributed by atoms with Gasteiger partial charge in [-0.1, -0.05) is 36.0 Å². The minimum Gasteiger partial charge on any atom is -0.494 e. The number of hydrogen-bond donors (Lipinski definition) is 1. The summed E-state index contributed by atoms with van der Waals surface area (Å²) in [5.74, 6) is 1.53. The highest BCUT2D eigenvalue weighted by Gasteiger charge is 2.30. The Morgan fingerprint density at radius 1 is 1.07 bits per heavy atom. The lowest BCUT2D eigenvalue weighted by atomic mass is 10.1. The molecular formula is C21H23N3O3S. The fourth-order valence-electron chi connectivity index (χ4n) is 2.71. The summed E-state index contributed by atoms with van der Waals surface area (Å²) in [6.07, 6.45) is 2.25. The number of nitrogens with zero attached hydrogens (tertiary/aromatic N) is 2. The van der Waals surface area contributed by atoms with Gasteiger partial charge in [0.2, 0.25) is 5.91 Å². The fourth-order valence-corrected chi connectivity index (χ4v) is 3.67. The van der Waals surface area contributed by atoms with E-state index in [1.807, 2.05) is 62.4 Å². The molecule has 0 radical (unpaired) electrons. The zero-order valence-electron chi connectivity index (χ0n) is 15.9. The Balaban J connectivity index is 1.60. The molecule has 1 fully saturated rings. The zero-order chi connectivity index (χ0) is 19.8. The van der Waals surface area contributed by atoms with Gasteiger partial charge in [0.25, 0.3) is 0 Å². The molecule has 3 rings (SSSR count). The molecule has 1 amide bonds. The summed E-state index contributed by atoms with van der Waals surface area (Å²) >= 11 is 1.39. The summed E-state index contributed by atoms with van der Waals surface area (Å²) < 4.78 is 11.0. The number of amides is 1. The van der Waals surface area contributed by atoms with Crippen LogP contribution in [0.2, 0.25) is 0 Å². The summed E-state index contributed by atoms with van der Waals surface area (Å²) in [5, 5.41) is 11.3. The lowest BCUT2D eigenvalue weighted by Gasteiger charge is -2.07. The summed E-state index contributed by atoms with van der Waals surface area (Å²) in [7, 11) is 0. The van der Waals surface area contributed by atoms with Crippen molar-refractivity contribution in [3.8, 4) is 11.5 Å². The molecule has 1 saturated heterocycles. The first-order valence-corrected chi connectivity index (χ1v) is 10.1. The van der Waals surface area contributed by atoms with Crippen molar-refractivity contribution in [3.05, 3.63) is 59.7 Å². The van der Waals surface area contributed by atoms with Crippen LogP contribution in [0.1, 0.15) is 25.0 Å². The van der Waals surface area contributed by atoms with E-state index in [4.69, 9.17) is 9.47 Å². The summed E-state index contributed by atoms with van der Waals surface area (Å²) in [5.41, 5.74) is 1.92. The van der Waals surface area contributed by atoms with Gasteiger partial charge in [-0.2, -0.15) is 5.10 Å². The van der Waals surface area contributed by atoms with Gasteiger partial charge in [-0.05, 0) is 50.1 Å². The number of para-hydroxylation sites is 1. The Kier molecular flexibility index (Phi) is 7.08. The number of thioether (sulfide) groups is 1. The van der Waals surface area contributed by atoms with Crippen molar-refractivity contribution >= 4 is 29.1 Å². The predicted molar refractivity (Wildman–Crippen MR) is 113 cm³/mol. The molecule has 1 aliphatic heterocycles. The second kappa shape index (κ2) is 9.94. The van der Waals surface area contributed by atoms with Crippen LogP contribution in [0.15, 0.2) is 58.7 Å². The molecule has 1 unspecified atom stereocenters. The van der Waals surface area contributed by atoms with Crippen molar-refractivity contribution in [1.29, 1.82) is 0 Å². The topological polar surface area (TPSA) is 72.3 Å². The number of amidine groups is 1. The molecule has 7 heteroatoms. The smallest absolute Gasteiger partial charge is 0.239 e. The van der Waals surface area contributed by atoms with Gasteiger partial charge in [0, 0.05) is 5.56 Å². The van der Waals surface area contributed by atoms with Gasteiger partial charge in [0.05, 0.1) is 24.7 Å². The Hall–Kier alpha value is -2.80. The number of nitrogens with one attached hydrogen (secondary N) is 1. The maximum Gasteiger partial charge on any atom is 0.239 e. The third-order valence-electron chi connectivity index (χ3n) is 4.00. The number of carbonyl (C=O) groups is 1. The summed E-state index contributed by atoms with van der Waals surface area (Å²) in [6, 6.07) is 15.4. The van der Waals surface area contributed by atoms with Gasteiger partial charge in [-0.15, -0.1) is 5.10 Å². The molecule has 2 aromatic carbocycles. The van der Waals surface area contributed by atoms with Gasteiger partial charge in [-0.25, -0.2) is 0 Å². The number of carbonyl (C=O) groups excluding carboxylic acids is 1. The highest BCUT2D eigenvalue weighted by Crippen LogP contribution is 2.24. The first-order valence-electron chi connectivity index (χ1n) is 9.21. The molecular weight excluding hydrogens is 374 g/mol. The highest BCUT2D eigenvalue weighted by atomic mass is 32.2. The number of rotatable bonds is 8. The van der Waals surface area contributed by atoms with Crippen LogP contribution in [-0.4, -0.2) is 35.8 Å².